The van der Waals surface area contributed by atoms with E-state index >= 15 is 0 Å². The van der Waals surface area contributed by atoms with Gasteiger partial charge in [-0.05, 0) is 36.4 Å². The minimum absolute atomic E-state index is 0.0145. The zero-order chi connectivity index (χ0) is 27.5. The quantitative estimate of drug-likeness (QED) is 0.289. The Bertz CT molecular complexity index is 1260. The Labute approximate surface area is 214 Å². The highest BCUT2D eigenvalue weighted by atomic mass is 32.2. The number of aromatic nitrogens is 1. The first kappa shape index (κ1) is 28.1. The number of halogens is 6. The van der Waals surface area contributed by atoms with Crippen molar-refractivity contribution in [1.82, 2.24) is 15.2 Å². The molecule has 0 aliphatic carbocycles. The van der Waals surface area contributed by atoms with Gasteiger partial charge in [-0.1, -0.05) is 30.0 Å². The topological polar surface area (TPSA) is 99.6 Å². The van der Waals surface area contributed by atoms with Crippen molar-refractivity contribution in [2.45, 2.75) is 18.8 Å². The second kappa shape index (κ2) is 10.9. The molecule has 37 heavy (non-hydrogen) atoms. The molecule has 7 nitrogen and oxygen atoms in total. The van der Waals surface area contributed by atoms with Gasteiger partial charge in [0.25, 0.3) is 5.91 Å². The third-order valence-electron chi connectivity index (χ3n) is 4.81. The molecule has 0 atom stereocenters. The fraction of sp³-hybridized carbons (Fsp3) is 0.227. The summed E-state index contributed by atoms with van der Waals surface area (Å²) >= 11 is 6.00. The van der Waals surface area contributed by atoms with Crippen LogP contribution in [-0.4, -0.2) is 50.2 Å². The first-order valence-electron chi connectivity index (χ1n) is 10.2. The summed E-state index contributed by atoms with van der Waals surface area (Å²) in [7, 11) is 0. The smallest absolute Gasteiger partial charge is 0.416 e. The Morgan fingerprint density at radius 3 is 2.27 bits per heavy atom. The van der Waals surface area contributed by atoms with Crippen molar-refractivity contribution in [2.75, 3.05) is 13.1 Å². The van der Waals surface area contributed by atoms with E-state index in [1.165, 1.54) is 24.3 Å². The largest absolute Gasteiger partial charge is 0.480 e. The molecule has 196 valence electrons. The third kappa shape index (κ3) is 7.29. The Balaban J connectivity index is 1.85. The van der Waals surface area contributed by atoms with Crippen LogP contribution in [0.1, 0.15) is 23.2 Å². The van der Waals surface area contributed by atoms with E-state index in [4.69, 9.17) is 17.3 Å². The van der Waals surface area contributed by atoms with E-state index in [0.717, 1.165) is 16.7 Å². The first-order valence-corrected chi connectivity index (χ1v) is 11.4. The standard InChI is InChI=1S/C22H15F6N3O4S2/c23-21(24,25)12-6-11(7-13(8-12)22(26,27)28)15-3-1-2-14(30-15)9-16-19(35)31(20(36)37-16)5-4-17(32)29-10-18(33)34/h1-3,6-9H,4-5,10H2,(H,29,32)(H,33,34)/b16-9-. The van der Waals surface area contributed by atoms with E-state index in [0.29, 0.717) is 12.1 Å². The molecule has 0 spiro atoms. The predicted octanol–water partition coefficient (Wildman–Crippen LogP) is 4.58. The highest BCUT2D eigenvalue weighted by molar-refractivity contribution is 8.26. The van der Waals surface area contributed by atoms with Crippen LogP contribution in [0.15, 0.2) is 41.3 Å². The number of carbonyl (C=O) groups excluding carboxylic acids is 2. The molecule has 0 radical (unpaired) electrons. The number of carbonyl (C=O) groups is 3. The van der Waals surface area contributed by atoms with Crippen LogP contribution in [0.25, 0.3) is 17.3 Å². The monoisotopic (exact) mass is 563 g/mol. The number of amides is 2. The van der Waals surface area contributed by atoms with E-state index in [1.807, 2.05) is 0 Å². The van der Waals surface area contributed by atoms with Gasteiger partial charge < -0.3 is 10.4 Å². The average molecular weight is 564 g/mol. The van der Waals surface area contributed by atoms with Gasteiger partial charge in [-0.2, -0.15) is 26.3 Å². The lowest BCUT2D eigenvalue weighted by atomic mass is 10.0. The molecule has 1 aromatic carbocycles. The number of rotatable bonds is 7. The van der Waals surface area contributed by atoms with Crippen molar-refractivity contribution in [2.24, 2.45) is 0 Å². The maximum absolute atomic E-state index is 13.2. The Morgan fingerprint density at radius 1 is 1.08 bits per heavy atom. The van der Waals surface area contributed by atoms with Gasteiger partial charge in [0, 0.05) is 18.5 Å². The van der Waals surface area contributed by atoms with Crippen molar-refractivity contribution >= 4 is 52.2 Å². The van der Waals surface area contributed by atoms with Gasteiger partial charge in [-0.15, -0.1) is 0 Å². The fourth-order valence-corrected chi connectivity index (χ4v) is 4.39. The summed E-state index contributed by atoms with van der Waals surface area (Å²) in [5.41, 5.74) is -3.51. The van der Waals surface area contributed by atoms with E-state index in [9.17, 15) is 40.7 Å². The summed E-state index contributed by atoms with van der Waals surface area (Å²) in [5, 5.41) is 10.7. The number of benzene rings is 1. The maximum atomic E-state index is 13.2. The van der Waals surface area contributed by atoms with Gasteiger partial charge in [0.1, 0.15) is 10.9 Å². The fourth-order valence-electron chi connectivity index (χ4n) is 3.10. The normalized spacial score (nSPS) is 15.4. The van der Waals surface area contributed by atoms with Crippen LogP contribution in [0.4, 0.5) is 26.3 Å². The summed E-state index contributed by atoms with van der Waals surface area (Å²) in [6, 6.07) is 5.10. The van der Waals surface area contributed by atoms with Crippen molar-refractivity contribution in [3.05, 3.63) is 58.1 Å². The minimum atomic E-state index is -5.02. The molecule has 1 aliphatic heterocycles. The Morgan fingerprint density at radius 2 is 1.70 bits per heavy atom. The van der Waals surface area contributed by atoms with E-state index in [1.54, 1.807) is 0 Å². The molecule has 0 saturated carbocycles. The van der Waals surface area contributed by atoms with Crippen LogP contribution in [0.3, 0.4) is 0 Å². The van der Waals surface area contributed by atoms with Crippen molar-refractivity contribution < 1.29 is 45.8 Å². The highest BCUT2D eigenvalue weighted by Crippen LogP contribution is 2.38. The zero-order valence-electron chi connectivity index (χ0n) is 18.3. The predicted molar refractivity (Wildman–Crippen MR) is 125 cm³/mol. The second-order valence-corrected chi connectivity index (χ2v) is 9.17. The van der Waals surface area contributed by atoms with E-state index in [2.05, 4.69) is 10.3 Å². The molecule has 2 N–H and O–H groups in total. The molecule has 1 aliphatic rings. The van der Waals surface area contributed by atoms with Gasteiger partial charge in [0.15, 0.2) is 0 Å². The number of thioether (sulfide) groups is 1. The van der Waals surface area contributed by atoms with Crippen molar-refractivity contribution in [3.8, 4) is 11.3 Å². The molecule has 3 rings (SSSR count). The van der Waals surface area contributed by atoms with Gasteiger partial charge >= 0.3 is 18.3 Å². The number of hydrogen-bond acceptors (Lipinski definition) is 6. The molecule has 1 aromatic heterocycles. The molecular formula is C22H15F6N3O4S2. The molecule has 2 aromatic rings. The molecule has 0 bridgehead atoms. The highest BCUT2D eigenvalue weighted by Gasteiger charge is 2.37. The summed E-state index contributed by atoms with van der Waals surface area (Å²) in [6.07, 6.45) is -9.00. The molecule has 1 saturated heterocycles. The average Bonchev–Trinajstić information content (AvgIpc) is 3.07. The van der Waals surface area contributed by atoms with Gasteiger partial charge in [0.05, 0.1) is 27.4 Å². The lowest BCUT2D eigenvalue weighted by Gasteiger charge is -2.14. The minimum Gasteiger partial charge on any atom is -0.480 e. The van der Waals surface area contributed by atoms with Gasteiger partial charge in [-0.3, -0.25) is 19.3 Å². The number of hydrogen-bond donors (Lipinski definition) is 2. The number of aliphatic carboxylic acids is 1. The van der Waals surface area contributed by atoms with Crippen molar-refractivity contribution in [3.63, 3.8) is 0 Å². The Hall–Kier alpha value is -3.46. The lowest BCUT2D eigenvalue weighted by Crippen LogP contribution is -2.35. The number of nitrogens with zero attached hydrogens (tertiary/aromatic N) is 2. The van der Waals surface area contributed by atoms with E-state index < -0.39 is 53.4 Å². The molecule has 0 unspecified atom stereocenters. The van der Waals surface area contributed by atoms with Gasteiger partial charge in [0.2, 0.25) is 5.91 Å². The van der Waals surface area contributed by atoms with Crippen LogP contribution >= 0.6 is 24.0 Å². The summed E-state index contributed by atoms with van der Waals surface area (Å²) < 4.78 is 79.3. The third-order valence-corrected chi connectivity index (χ3v) is 6.18. The summed E-state index contributed by atoms with van der Waals surface area (Å²) in [4.78, 5) is 40.2. The summed E-state index contributed by atoms with van der Waals surface area (Å²) in [5.74, 6) is -2.45. The van der Waals surface area contributed by atoms with Crippen molar-refractivity contribution in [1.29, 1.82) is 0 Å². The Kier molecular flexibility index (Phi) is 8.27. The SMILES string of the molecule is O=C(O)CNC(=O)CCN1C(=O)/C(=C/c2cccc(-c3cc(C(F)(F)F)cc(C(F)(F)F)c3)n2)SC1=S. The second-order valence-electron chi connectivity index (χ2n) is 7.50. The molecule has 2 amide bonds. The van der Waals surface area contributed by atoms with Crippen LogP contribution < -0.4 is 5.32 Å². The number of alkyl halides is 6. The van der Waals surface area contributed by atoms with Crippen LogP contribution in [0.2, 0.25) is 0 Å². The first-order chi connectivity index (χ1) is 17.1. The van der Waals surface area contributed by atoms with Crippen LogP contribution in [-0.2, 0) is 26.7 Å². The molecule has 1 fully saturated rings. The number of carboxylic acid groups (broad SMARTS) is 1. The number of nitrogens with one attached hydrogen (secondary N) is 1. The van der Waals surface area contributed by atoms with Crippen LogP contribution in [0.5, 0.6) is 0 Å². The van der Waals surface area contributed by atoms with Crippen LogP contribution in [0, 0.1) is 0 Å². The molecule has 15 heteroatoms. The number of carboxylic acids is 1. The molecular weight excluding hydrogens is 548 g/mol. The summed E-state index contributed by atoms with van der Waals surface area (Å²) in [6.45, 7) is -0.721. The molecule has 2 heterocycles. The maximum Gasteiger partial charge on any atom is 0.416 e. The lowest BCUT2D eigenvalue weighted by molar-refractivity contribution is -0.143. The van der Waals surface area contributed by atoms with E-state index in [-0.39, 0.29) is 39.6 Å². The zero-order valence-corrected chi connectivity index (χ0v) is 19.9. The number of thiocarbonyl (C=S) groups is 1. The number of pyridine rings is 1. The van der Waals surface area contributed by atoms with Gasteiger partial charge in [-0.25, -0.2) is 4.98 Å².